The molecule has 0 aromatic heterocycles. The second kappa shape index (κ2) is 22.5. The molecular formula is C24H50IO2P. The quantitative estimate of drug-likeness (QED) is 0.0734. The van der Waals surface area contributed by atoms with Gasteiger partial charge in [-0.25, -0.2) is 0 Å². The fraction of sp³-hybridized carbons (Fsp3) is 0.917. The predicted molar refractivity (Wildman–Crippen MR) is 126 cm³/mol. The maximum Gasteiger partial charge on any atom is 0.157 e. The Bertz CT molecular complexity index is 317. The van der Waals surface area contributed by atoms with E-state index in [0.29, 0.717) is 0 Å². The van der Waals surface area contributed by atoms with Gasteiger partial charge in [0.15, 0.2) is 6.29 Å². The maximum absolute atomic E-state index is 5.99. The minimum Gasteiger partial charge on any atom is -1.00 e. The minimum absolute atomic E-state index is 0. The molecule has 0 radical (unpaired) electrons. The summed E-state index contributed by atoms with van der Waals surface area (Å²) in [5, 5.41) is 0. The first kappa shape index (κ1) is 31.0. The van der Waals surface area contributed by atoms with Gasteiger partial charge in [0.2, 0.25) is 0 Å². The van der Waals surface area contributed by atoms with Gasteiger partial charge in [-0.3, -0.25) is 0 Å². The van der Waals surface area contributed by atoms with Gasteiger partial charge >= 0.3 is 0 Å². The van der Waals surface area contributed by atoms with Gasteiger partial charge in [0, 0.05) is 40.5 Å². The van der Waals surface area contributed by atoms with Gasteiger partial charge < -0.3 is 33.5 Å². The molecule has 0 heterocycles. The first-order chi connectivity index (χ1) is 13.0. The Labute approximate surface area is 195 Å². The summed E-state index contributed by atoms with van der Waals surface area (Å²) in [7, 11) is -0.578. The van der Waals surface area contributed by atoms with Gasteiger partial charge in [-0.05, 0) is 51.4 Å². The van der Waals surface area contributed by atoms with Crippen LogP contribution in [0.4, 0.5) is 0 Å². The number of hydrogen-bond acceptors (Lipinski definition) is 2. The van der Waals surface area contributed by atoms with Crippen LogP contribution in [0.5, 0.6) is 0 Å². The summed E-state index contributed by atoms with van der Waals surface area (Å²) in [6.45, 7) is 13.5. The number of ether oxygens (including phenoxy) is 2. The van der Waals surface area contributed by atoms with E-state index in [1.165, 1.54) is 70.4 Å². The van der Waals surface area contributed by atoms with Crippen molar-refractivity contribution in [3.63, 3.8) is 0 Å². The molecule has 0 atom stereocenters. The molecule has 0 saturated carbocycles. The summed E-state index contributed by atoms with van der Waals surface area (Å²) >= 11 is 0. The standard InChI is InChI=1S/C24H50O2P.HI/c1-6-8-17-21-25-24(26-22-18-9-7-2)20-16-14-12-10-11-13-15-19-23-27(3,4)5;/h11,13,24H,6-10,12,14-23H2,1-5H3;1H/q+1;/p-1/b13-11-;. The second-order valence-corrected chi connectivity index (χ2v) is 13.9. The lowest BCUT2D eigenvalue weighted by atomic mass is 10.1. The molecule has 170 valence electrons. The van der Waals surface area contributed by atoms with Gasteiger partial charge in [-0.1, -0.05) is 58.1 Å². The predicted octanol–water partition coefficient (Wildman–Crippen LogP) is 4.92. The molecule has 4 heteroatoms. The molecule has 0 saturated heterocycles. The molecule has 28 heavy (non-hydrogen) atoms. The Kier molecular flexibility index (Phi) is 24.9. The number of allylic oxidation sites excluding steroid dienone is 2. The van der Waals surface area contributed by atoms with Crippen LogP contribution in [0, 0.1) is 0 Å². The first-order valence-electron chi connectivity index (χ1n) is 11.7. The van der Waals surface area contributed by atoms with E-state index in [1.54, 1.807) is 0 Å². The van der Waals surface area contributed by atoms with Crippen molar-refractivity contribution in [2.24, 2.45) is 0 Å². The van der Waals surface area contributed by atoms with Gasteiger partial charge in [0.1, 0.15) is 0 Å². The summed E-state index contributed by atoms with van der Waals surface area (Å²) in [6.07, 6.45) is 22.3. The molecule has 0 aromatic rings. The van der Waals surface area contributed by atoms with Crippen LogP contribution in [0.15, 0.2) is 12.2 Å². The van der Waals surface area contributed by atoms with E-state index in [1.807, 2.05) is 0 Å². The average Bonchev–Trinajstić information content (AvgIpc) is 2.62. The van der Waals surface area contributed by atoms with Gasteiger partial charge in [-0.15, -0.1) is 0 Å². The van der Waals surface area contributed by atoms with E-state index in [2.05, 4.69) is 46.0 Å². The normalized spacial score (nSPS) is 12.1. The van der Waals surface area contributed by atoms with E-state index in [-0.39, 0.29) is 30.3 Å². The number of rotatable bonds is 20. The highest BCUT2D eigenvalue weighted by Crippen LogP contribution is 2.47. The number of hydrogen-bond donors (Lipinski definition) is 0. The monoisotopic (exact) mass is 528 g/mol. The van der Waals surface area contributed by atoms with Crippen molar-refractivity contribution >= 4 is 7.26 Å². The highest BCUT2D eigenvalue weighted by molar-refractivity contribution is 7.73. The van der Waals surface area contributed by atoms with Crippen molar-refractivity contribution in [3.05, 3.63) is 12.2 Å². The Morgan fingerprint density at radius 3 is 1.71 bits per heavy atom. The van der Waals surface area contributed by atoms with E-state index >= 15 is 0 Å². The number of unbranched alkanes of at least 4 members (excludes halogenated alkanes) is 8. The molecule has 0 N–H and O–H groups in total. The van der Waals surface area contributed by atoms with Gasteiger partial charge in [-0.2, -0.15) is 0 Å². The van der Waals surface area contributed by atoms with Crippen molar-refractivity contribution in [2.75, 3.05) is 39.4 Å². The van der Waals surface area contributed by atoms with Gasteiger partial charge in [0.05, 0.1) is 6.16 Å². The third kappa shape index (κ3) is 24.9. The second-order valence-electron chi connectivity index (χ2n) is 8.85. The Morgan fingerprint density at radius 1 is 0.679 bits per heavy atom. The third-order valence-corrected chi connectivity index (χ3v) is 6.44. The van der Waals surface area contributed by atoms with Crippen LogP contribution < -0.4 is 24.0 Å². The Hall–Kier alpha value is 0.820. The lowest BCUT2D eigenvalue weighted by Gasteiger charge is -2.18. The van der Waals surface area contributed by atoms with Crippen LogP contribution >= 0.6 is 7.26 Å². The zero-order chi connectivity index (χ0) is 20.2. The Morgan fingerprint density at radius 2 is 1.21 bits per heavy atom. The van der Waals surface area contributed by atoms with Crippen molar-refractivity contribution in [2.45, 2.75) is 104 Å². The topological polar surface area (TPSA) is 18.5 Å². The van der Waals surface area contributed by atoms with Crippen molar-refractivity contribution in [1.82, 2.24) is 0 Å². The van der Waals surface area contributed by atoms with Crippen LogP contribution in [0.2, 0.25) is 0 Å². The minimum atomic E-state index is -0.578. The lowest BCUT2D eigenvalue weighted by Crippen LogP contribution is -3.00. The molecule has 0 aliphatic rings. The van der Waals surface area contributed by atoms with Crippen molar-refractivity contribution < 1.29 is 33.5 Å². The van der Waals surface area contributed by atoms with E-state index in [9.17, 15) is 0 Å². The number of halogens is 1. The largest absolute Gasteiger partial charge is 1.00 e. The van der Waals surface area contributed by atoms with Crippen LogP contribution in [-0.2, 0) is 9.47 Å². The molecule has 0 spiro atoms. The zero-order valence-corrected chi connectivity index (χ0v) is 22.7. The highest BCUT2D eigenvalue weighted by atomic mass is 127. The van der Waals surface area contributed by atoms with E-state index in [0.717, 1.165) is 32.5 Å². The van der Waals surface area contributed by atoms with Gasteiger partial charge in [0.25, 0.3) is 0 Å². The van der Waals surface area contributed by atoms with E-state index < -0.39 is 7.26 Å². The molecule has 0 aromatic carbocycles. The molecule has 0 fully saturated rings. The molecule has 2 nitrogen and oxygen atoms in total. The summed E-state index contributed by atoms with van der Waals surface area (Å²) < 4.78 is 12.0. The fourth-order valence-corrected chi connectivity index (χ4v) is 4.15. The molecule has 0 bridgehead atoms. The van der Waals surface area contributed by atoms with E-state index in [4.69, 9.17) is 9.47 Å². The summed E-state index contributed by atoms with van der Waals surface area (Å²) in [4.78, 5) is 0. The van der Waals surface area contributed by atoms with Crippen molar-refractivity contribution in [1.29, 1.82) is 0 Å². The molecule has 0 rings (SSSR count). The average molecular weight is 529 g/mol. The Balaban J connectivity index is 0. The van der Waals surface area contributed by atoms with Crippen LogP contribution in [0.1, 0.15) is 97.3 Å². The van der Waals surface area contributed by atoms with Crippen LogP contribution in [0.25, 0.3) is 0 Å². The maximum atomic E-state index is 5.99. The fourth-order valence-electron chi connectivity index (χ4n) is 3.02. The first-order valence-corrected chi connectivity index (χ1v) is 15.0. The third-order valence-electron chi connectivity index (χ3n) is 4.78. The molecule has 0 aliphatic carbocycles. The zero-order valence-electron chi connectivity index (χ0n) is 19.7. The highest BCUT2D eigenvalue weighted by Gasteiger charge is 2.14. The van der Waals surface area contributed by atoms with Crippen LogP contribution in [-0.4, -0.2) is 45.7 Å². The van der Waals surface area contributed by atoms with Crippen molar-refractivity contribution in [3.8, 4) is 0 Å². The summed E-state index contributed by atoms with van der Waals surface area (Å²) in [5.74, 6) is 0. The van der Waals surface area contributed by atoms with Crippen LogP contribution in [0.3, 0.4) is 0 Å². The summed E-state index contributed by atoms with van der Waals surface area (Å²) in [6, 6.07) is 0. The molecule has 0 aliphatic heterocycles. The molecular weight excluding hydrogens is 478 g/mol. The molecule has 0 amide bonds. The SMILES string of the molecule is CCCCCOC(CCCCC/C=C\CCC[P+](C)(C)C)OCCCCC.[I-]. The molecule has 0 unspecified atom stereocenters. The summed E-state index contributed by atoms with van der Waals surface area (Å²) in [5.41, 5.74) is 0. The lowest BCUT2D eigenvalue weighted by molar-refractivity contribution is -0.148. The smallest absolute Gasteiger partial charge is 0.157 e.